The summed E-state index contributed by atoms with van der Waals surface area (Å²) in [4.78, 5) is 11.4. The number of anilines is 1. The van der Waals surface area contributed by atoms with E-state index in [4.69, 9.17) is 0 Å². The predicted octanol–water partition coefficient (Wildman–Crippen LogP) is 3.39. The molecule has 108 valence electrons. The normalized spacial score (nSPS) is 14.7. The maximum Gasteiger partial charge on any atom is 0.228 e. The van der Waals surface area contributed by atoms with E-state index >= 15 is 0 Å². The zero-order valence-corrected chi connectivity index (χ0v) is 13.0. The van der Waals surface area contributed by atoms with Crippen molar-refractivity contribution in [2.45, 2.75) is 12.5 Å². The van der Waals surface area contributed by atoms with Crippen molar-refractivity contribution in [1.82, 2.24) is 5.32 Å². The first kappa shape index (κ1) is 14.2. The highest BCUT2D eigenvalue weighted by atomic mass is 79.9. The minimum absolute atomic E-state index is 0.0119. The van der Waals surface area contributed by atoms with E-state index < -0.39 is 0 Å². The zero-order valence-electron chi connectivity index (χ0n) is 11.4. The van der Waals surface area contributed by atoms with Crippen molar-refractivity contribution in [3.8, 4) is 0 Å². The van der Waals surface area contributed by atoms with Gasteiger partial charge < -0.3 is 10.6 Å². The molecule has 5 heteroatoms. The number of hydrogen-bond acceptors (Lipinski definition) is 2. The quantitative estimate of drug-likeness (QED) is 0.892. The van der Waals surface area contributed by atoms with Gasteiger partial charge in [0.05, 0.1) is 16.9 Å². The molecule has 1 aliphatic heterocycles. The van der Waals surface area contributed by atoms with Crippen molar-refractivity contribution in [1.29, 1.82) is 0 Å². The number of hydrogen-bond donors (Lipinski definition) is 2. The Labute approximate surface area is 130 Å². The summed E-state index contributed by atoms with van der Waals surface area (Å²) in [6, 6.07) is 10.8. The lowest BCUT2D eigenvalue weighted by Crippen LogP contribution is -2.18. The van der Waals surface area contributed by atoms with Crippen LogP contribution in [-0.4, -0.2) is 13.0 Å². The molecule has 2 N–H and O–H groups in total. The molecule has 1 atom stereocenters. The largest absolute Gasteiger partial charge is 0.326 e. The highest BCUT2D eigenvalue weighted by molar-refractivity contribution is 9.10. The van der Waals surface area contributed by atoms with Gasteiger partial charge in [-0.2, -0.15) is 0 Å². The van der Waals surface area contributed by atoms with Crippen LogP contribution in [-0.2, 0) is 11.2 Å². The van der Waals surface area contributed by atoms with Crippen LogP contribution in [0.15, 0.2) is 40.9 Å². The molecular formula is C16H14BrFN2O. The summed E-state index contributed by atoms with van der Waals surface area (Å²) in [6.45, 7) is 0. The lowest BCUT2D eigenvalue weighted by atomic mass is 9.96. The second kappa shape index (κ2) is 5.58. The Balaban J connectivity index is 1.98. The van der Waals surface area contributed by atoms with E-state index in [2.05, 4.69) is 26.6 Å². The molecule has 2 aromatic rings. The third-order valence-corrected chi connectivity index (χ3v) is 4.30. The number of carbonyl (C=O) groups excluding carboxylic acids is 1. The molecule has 0 aliphatic carbocycles. The van der Waals surface area contributed by atoms with E-state index in [0.29, 0.717) is 10.9 Å². The Morgan fingerprint density at radius 2 is 1.95 bits per heavy atom. The molecule has 0 bridgehead atoms. The Bertz CT molecular complexity index is 717. The second-order valence-corrected chi connectivity index (χ2v) is 5.89. The Morgan fingerprint density at radius 3 is 2.67 bits per heavy atom. The average Bonchev–Trinajstić information content (AvgIpc) is 2.83. The summed E-state index contributed by atoms with van der Waals surface area (Å²) in [7, 11) is 1.83. The molecule has 1 aliphatic rings. The lowest BCUT2D eigenvalue weighted by molar-refractivity contribution is -0.115. The number of carbonyl (C=O) groups is 1. The van der Waals surface area contributed by atoms with Crippen LogP contribution < -0.4 is 10.6 Å². The van der Waals surface area contributed by atoms with E-state index in [9.17, 15) is 9.18 Å². The highest BCUT2D eigenvalue weighted by Crippen LogP contribution is 2.30. The Hall–Kier alpha value is -1.72. The van der Waals surface area contributed by atoms with Gasteiger partial charge in [0.1, 0.15) is 5.82 Å². The van der Waals surface area contributed by atoms with Crippen LogP contribution in [0.1, 0.15) is 22.7 Å². The van der Waals surface area contributed by atoms with Crippen LogP contribution in [0.25, 0.3) is 0 Å². The summed E-state index contributed by atoms with van der Waals surface area (Å²) in [5, 5.41) is 6.01. The van der Waals surface area contributed by atoms with Gasteiger partial charge in [0.25, 0.3) is 0 Å². The van der Waals surface area contributed by atoms with Crippen molar-refractivity contribution in [3.63, 3.8) is 0 Å². The first-order valence-electron chi connectivity index (χ1n) is 6.63. The fraction of sp³-hybridized carbons (Fsp3) is 0.188. The minimum Gasteiger partial charge on any atom is -0.326 e. The van der Waals surface area contributed by atoms with Gasteiger partial charge in [0, 0.05) is 5.69 Å². The number of fused-ring (bicyclic) bond motifs is 1. The minimum atomic E-state index is -0.286. The Kier molecular flexibility index (Phi) is 3.78. The van der Waals surface area contributed by atoms with Crippen molar-refractivity contribution in [3.05, 3.63) is 63.4 Å². The first-order valence-corrected chi connectivity index (χ1v) is 7.42. The molecule has 3 rings (SSSR count). The number of amides is 1. The van der Waals surface area contributed by atoms with Gasteiger partial charge >= 0.3 is 0 Å². The Morgan fingerprint density at radius 1 is 1.24 bits per heavy atom. The number of benzene rings is 2. The molecule has 1 unspecified atom stereocenters. The van der Waals surface area contributed by atoms with Crippen molar-refractivity contribution >= 4 is 27.5 Å². The van der Waals surface area contributed by atoms with Gasteiger partial charge in [-0.3, -0.25) is 4.79 Å². The third kappa shape index (κ3) is 2.71. The molecule has 0 saturated carbocycles. The summed E-state index contributed by atoms with van der Waals surface area (Å²) in [5.41, 5.74) is 3.70. The fourth-order valence-electron chi connectivity index (χ4n) is 2.65. The standard InChI is InChI=1S/C16H14BrFN2O/c1-19-16(10-2-4-12(17)13(18)7-10)9-3-5-14-11(6-9)8-15(21)20-14/h2-7,16,19H,8H2,1H3,(H,20,21). The summed E-state index contributed by atoms with van der Waals surface area (Å²) in [5.74, 6) is -0.274. The molecule has 0 fully saturated rings. The van der Waals surface area contributed by atoms with Crippen LogP contribution >= 0.6 is 15.9 Å². The molecule has 0 radical (unpaired) electrons. The highest BCUT2D eigenvalue weighted by Gasteiger charge is 2.20. The first-order chi connectivity index (χ1) is 10.1. The number of halogens is 2. The zero-order chi connectivity index (χ0) is 15.0. The van der Waals surface area contributed by atoms with E-state index in [1.54, 1.807) is 6.07 Å². The molecule has 1 heterocycles. The van der Waals surface area contributed by atoms with Crippen molar-refractivity contribution in [2.24, 2.45) is 0 Å². The SMILES string of the molecule is CNC(c1ccc(Br)c(F)c1)c1ccc2c(c1)CC(=O)N2. The van der Waals surface area contributed by atoms with Crippen LogP contribution in [0.2, 0.25) is 0 Å². The smallest absolute Gasteiger partial charge is 0.228 e. The number of rotatable bonds is 3. The van der Waals surface area contributed by atoms with E-state index in [-0.39, 0.29) is 17.8 Å². The van der Waals surface area contributed by atoms with E-state index in [1.807, 2.05) is 31.3 Å². The van der Waals surface area contributed by atoms with Gasteiger partial charge in [-0.1, -0.05) is 18.2 Å². The van der Waals surface area contributed by atoms with E-state index in [0.717, 1.165) is 22.4 Å². The van der Waals surface area contributed by atoms with Crippen LogP contribution in [0.3, 0.4) is 0 Å². The molecular weight excluding hydrogens is 335 g/mol. The third-order valence-electron chi connectivity index (χ3n) is 3.65. The maximum atomic E-state index is 13.7. The van der Waals surface area contributed by atoms with Gasteiger partial charge in [-0.15, -0.1) is 0 Å². The summed E-state index contributed by atoms with van der Waals surface area (Å²) < 4.78 is 14.2. The maximum absolute atomic E-state index is 13.7. The molecule has 2 aromatic carbocycles. The van der Waals surface area contributed by atoms with Crippen molar-refractivity contribution < 1.29 is 9.18 Å². The average molecular weight is 349 g/mol. The number of nitrogens with one attached hydrogen (secondary N) is 2. The summed E-state index contributed by atoms with van der Waals surface area (Å²) in [6.07, 6.45) is 0.397. The molecule has 21 heavy (non-hydrogen) atoms. The van der Waals surface area contributed by atoms with Crippen LogP contribution in [0.5, 0.6) is 0 Å². The van der Waals surface area contributed by atoms with Crippen LogP contribution in [0, 0.1) is 5.82 Å². The monoisotopic (exact) mass is 348 g/mol. The fourth-order valence-corrected chi connectivity index (χ4v) is 2.89. The van der Waals surface area contributed by atoms with Gasteiger partial charge in [-0.25, -0.2) is 4.39 Å². The molecule has 0 aromatic heterocycles. The lowest BCUT2D eigenvalue weighted by Gasteiger charge is -2.18. The van der Waals surface area contributed by atoms with Gasteiger partial charge in [0.2, 0.25) is 5.91 Å². The van der Waals surface area contributed by atoms with E-state index in [1.165, 1.54) is 6.07 Å². The van der Waals surface area contributed by atoms with Crippen LogP contribution in [0.4, 0.5) is 10.1 Å². The molecule has 0 spiro atoms. The van der Waals surface area contributed by atoms with Gasteiger partial charge in [0.15, 0.2) is 0 Å². The molecule has 1 amide bonds. The molecule has 0 saturated heterocycles. The summed E-state index contributed by atoms with van der Waals surface area (Å²) >= 11 is 3.16. The van der Waals surface area contributed by atoms with Gasteiger partial charge in [-0.05, 0) is 57.9 Å². The second-order valence-electron chi connectivity index (χ2n) is 5.04. The molecule has 3 nitrogen and oxygen atoms in total. The predicted molar refractivity (Wildman–Crippen MR) is 83.8 cm³/mol. The van der Waals surface area contributed by atoms with Crippen molar-refractivity contribution in [2.75, 3.05) is 12.4 Å². The topological polar surface area (TPSA) is 41.1 Å².